The standard InChI is InChI=1S/C7H13O3/c1-3-5-6-10-7(8)9-4-2/h1,3-6H2,2H3. The molecule has 0 aromatic heterocycles. The van der Waals surface area contributed by atoms with E-state index in [2.05, 4.69) is 16.4 Å². The van der Waals surface area contributed by atoms with E-state index < -0.39 is 6.16 Å². The number of carbonyl (C=O) groups is 1. The molecule has 0 saturated heterocycles. The second kappa shape index (κ2) is 6.39. The molecule has 0 fully saturated rings. The maximum Gasteiger partial charge on any atom is 0.508 e. The summed E-state index contributed by atoms with van der Waals surface area (Å²) in [7, 11) is 0. The first kappa shape index (κ1) is 9.27. The van der Waals surface area contributed by atoms with Gasteiger partial charge in [0.25, 0.3) is 0 Å². The molecule has 3 nitrogen and oxygen atoms in total. The van der Waals surface area contributed by atoms with Gasteiger partial charge in [-0.3, -0.25) is 0 Å². The zero-order chi connectivity index (χ0) is 7.82. The fraction of sp³-hybridized carbons (Fsp3) is 0.714. The number of rotatable bonds is 4. The molecule has 0 saturated carbocycles. The van der Waals surface area contributed by atoms with Crippen LogP contribution >= 0.6 is 0 Å². The molecule has 0 atom stereocenters. The molecule has 59 valence electrons. The Morgan fingerprint density at radius 3 is 2.70 bits per heavy atom. The van der Waals surface area contributed by atoms with Crippen molar-refractivity contribution in [3.8, 4) is 0 Å². The number of hydrogen-bond acceptors (Lipinski definition) is 3. The van der Waals surface area contributed by atoms with Crippen LogP contribution in [0.25, 0.3) is 0 Å². The summed E-state index contributed by atoms with van der Waals surface area (Å²) in [6.45, 7) is 6.10. The average Bonchev–Trinajstić information content (AvgIpc) is 1.89. The first-order valence-electron chi connectivity index (χ1n) is 3.40. The summed E-state index contributed by atoms with van der Waals surface area (Å²) in [6, 6.07) is 0. The highest BCUT2D eigenvalue weighted by molar-refractivity contribution is 5.59. The van der Waals surface area contributed by atoms with Crippen LogP contribution in [-0.4, -0.2) is 19.4 Å². The summed E-state index contributed by atoms with van der Waals surface area (Å²) in [5.41, 5.74) is 0. The van der Waals surface area contributed by atoms with Crippen molar-refractivity contribution in [2.24, 2.45) is 0 Å². The minimum absolute atomic E-state index is 0.364. The summed E-state index contributed by atoms with van der Waals surface area (Å²) < 4.78 is 9.13. The Bertz CT molecular complexity index is 90.9. The highest BCUT2D eigenvalue weighted by Gasteiger charge is 1.98. The summed E-state index contributed by atoms with van der Waals surface area (Å²) >= 11 is 0. The quantitative estimate of drug-likeness (QED) is 0.446. The van der Waals surface area contributed by atoms with Crippen LogP contribution in [0.2, 0.25) is 0 Å². The molecule has 0 rings (SSSR count). The number of unbranched alkanes of at least 4 members (excludes halogenated alkanes) is 1. The van der Waals surface area contributed by atoms with E-state index in [9.17, 15) is 4.79 Å². The van der Waals surface area contributed by atoms with Crippen molar-refractivity contribution in [2.75, 3.05) is 13.2 Å². The van der Waals surface area contributed by atoms with Crippen molar-refractivity contribution >= 4 is 6.16 Å². The Hall–Kier alpha value is -0.730. The minimum atomic E-state index is -0.587. The van der Waals surface area contributed by atoms with Gasteiger partial charge in [-0.25, -0.2) is 4.79 Å². The Morgan fingerprint density at radius 2 is 2.20 bits per heavy atom. The van der Waals surface area contributed by atoms with Gasteiger partial charge in [-0.1, -0.05) is 13.3 Å². The van der Waals surface area contributed by atoms with Crippen molar-refractivity contribution in [2.45, 2.75) is 19.8 Å². The molecular weight excluding hydrogens is 132 g/mol. The largest absolute Gasteiger partial charge is 0.508 e. The Balaban J connectivity index is 3.05. The normalized spacial score (nSPS) is 9.00. The minimum Gasteiger partial charge on any atom is -0.435 e. The second-order valence-electron chi connectivity index (χ2n) is 1.74. The first-order chi connectivity index (χ1) is 4.81. The third-order valence-corrected chi connectivity index (χ3v) is 0.876. The van der Waals surface area contributed by atoms with E-state index >= 15 is 0 Å². The highest BCUT2D eigenvalue weighted by atomic mass is 16.7. The van der Waals surface area contributed by atoms with Crippen molar-refractivity contribution in [1.29, 1.82) is 0 Å². The van der Waals surface area contributed by atoms with Gasteiger partial charge in [0.15, 0.2) is 0 Å². The van der Waals surface area contributed by atoms with Crippen LogP contribution in [-0.2, 0) is 9.47 Å². The molecule has 0 heterocycles. The molecule has 0 N–H and O–H groups in total. The molecule has 0 aliphatic rings. The van der Waals surface area contributed by atoms with Crippen LogP contribution < -0.4 is 0 Å². The Labute approximate surface area is 61.3 Å². The van der Waals surface area contributed by atoms with Gasteiger partial charge in [0.05, 0.1) is 13.2 Å². The van der Waals surface area contributed by atoms with Crippen LogP contribution in [0, 0.1) is 6.92 Å². The smallest absolute Gasteiger partial charge is 0.435 e. The zero-order valence-electron chi connectivity index (χ0n) is 6.26. The number of hydrogen-bond donors (Lipinski definition) is 0. The molecule has 10 heavy (non-hydrogen) atoms. The first-order valence-corrected chi connectivity index (χ1v) is 3.40. The van der Waals surface area contributed by atoms with E-state index in [0.717, 1.165) is 12.8 Å². The number of ether oxygens (including phenoxy) is 2. The summed E-state index contributed by atoms with van der Waals surface area (Å²) in [4.78, 5) is 10.5. The SMILES string of the molecule is [CH2]CCCOC(=O)OCC. The molecule has 0 amide bonds. The van der Waals surface area contributed by atoms with E-state index in [-0.39, 0.29) is 0 Å². The zero-order valence-corrected chi connectivity index (χ0v) is 6.26. The summed E-state index contributed by atoms with van der Waals surface area (Å²) in [5, 5.41) is 0. The van der Waals surface area contributed by atoms with Crippen LogP contribution in [0.5, 0.6) is 0 Å². The van der Waals surface area contributed by atoms with E-state index in [1.54, 1.807) is 6.92 Å². The summed E-state index contributed by atoms with van der Waals surface area (Å²) in [6.07, 6.45) is 0.981. The molecular formula is C7H13O3. The van der Waals surface area contributed by atoms with Crippen molar-refractivity contribution in [3.05, 3.63) is 6.92 Å². The van der Waals surface area contributed by atoms with E-state index in [4.69, 9.17) is 0 Å². The molecule has 0 aliphatic heterocycles. The van der Waals surface area contributed by atoms with Crippen LogP contribution in [0.3, 0.4) is 0 Å². The maximum atomic E-state index is 10.5. The van der Waals surface area contributed by atoms with E-state index in [1.165, 1.54) is 0 Å². The van der Waals surface area contributed by atoms with Crippen LogP contribution in [0.15, 0.2) is 0 Å². The molecule has 0 aliphatic carbocycles. The van der Waals surface area contributed by atoms with Gasteiger partial charge in [0.2, 0.25) is 0 Å². The molecule has 0 bridgehead atoms. The second-order valence-corrected chi connectivity index (χ2v) is 1.74. The van der Waals surface area contributed by atoms with Gasteiger partial charge in [-0.05, 0) is 13.3 Å². The van der Waals surface area contributed by atoms with E-state index in [0.29, 0.717) is 13.2 Å². The lowest BCUT2D eigenvalue weighted by molar-refractivity contribution is 0.0585. The fourth-order valence-corrected chi connectivity index (χ4v) is 0.417. The molecule has 0 unspecified atom stereocenters. The van der Waals surface area contributed by atoms with Crippen molar-refractivity contribution in [1.82, 2.24) is 0 Å². The lowest BCUT2D eigenvalue weighted by Crippen LogP contribution is -2.07. The van der Waals surface area contributed by atoms with Gasteiger partial charge in [0, 0.05) is 0 Å². The lowest BCUT2D eigenvalue weighted by Gasteiger charge is -2.01. The van der Waals surface area contributed by atoms with E-state index in [1.807, 2.05) is 0 Å². The van der Waals surface area contributed by atoms with Crippen LogP contribution in [0.4, 0.5) is 4.79 Å². The predicted octanol–water partition coefficient (Wildman–Crippen LogP) is 1.77. The molecule has 0 spiro atoms. The third kappa shape index (κ3) is 5.41. The topological polar surface area (TPSA) is 35.5 Å². The number of carbonyl (C=O) groups excluding carboxylic acids is 1. The van der Waals surface area contributed by atoms with Crippen LogP contribution in [0.1, 0.15) is 19.8 Å². The molecule has 0 aromatic carbocycles. The third-order valence-electron chi connectivity index (χ3n) is 0.876. The maximum absolute atomic E-state index is 10.5. The molecule has 1 radical (unpaired) electrons. The predicted molar refractivity (Wildman–Crippen MR) is 37.6 cm³/mol. The molecule has 0 aromatic rings. The lowest BCUT2D eigenvalue weighted by atomic mass is 10.4. The summed E-state index contributed by atoms with van der Waals surface area (Å²) in [5.74, 6) is 0. The van der Waals surface area contributed by atoms with Crippen molar-refractivity contribution < 1.29 is 14.3 Å². The van der Waals surface area contributed by atoms with Crippen molar-refractivity contribution in [3.63, 3.8) is 0 Å². The van der Waals surface area contributed by atoms with Gasteiger partial charge >= 0.3 is 6.16 Å². The van der Waals surface area contributed by atoms with Gasteiger partial charge in [0.1, 0.15) is 0 Å². The van der Waals surface area contributed by atoms with Gasteiger partial charge in [-0.2, -0.15) is 0 Å². The molecule has 3 heteroatoms. The van der Waals surface area contributed by atoms with Gasteiger partial charge in [-0.15, -0.1) is 0 Å². The Kier molecular flexibility index (Phi) is 5.92. The van der Waals surface area contributed by atoms with Gasteiger partial charge < -0.3 is 9.47 Å². The average molecular weight is 145 g/mol. The monoisotopic (exact) mass is 145 g/mol. The highest BCUT2D eigenvalue weighted by Crippen LogP contribution is 1.90. The fourth-order valence-electron chi connectivity index (χ4n) is 0.417. The Morgan fingerprint density at radius 1 is 1.50 bits per heavy atom.